The van der Waals surface area contributed by atoms with Crippen LogP contribution in [-0.2, 0) is 14.8 Å². The van der Waals surface area contributed by atoms with E-state index in [1.54, 1.807) is 31.2 Å². The number of likely N-dealkylation sites (N-methyl/N-ethyl adjacent to an activating group) is 1. The zero-order valence-electron chi connectivity index (χ0n) is 15.0. The lowest BCUT2D eigenvalue weighted by Crippen LogP contribution is -2.28. The normalized spacial score (nSPS) is 10.9. The van der Waals surface area contributed by atoms with E-state index < -0.39 is 15.9 Å². The summed E-state index contributed by atoms with van der Waals surface area (Å²) in [5.41, 5.74) is 1.31. The van der Waals surface area contributed by atoms with Crippen LogP contribution in [0.1, 0.15) is 22.8 Å². The van der Waals surface area contributed by atoms with Crippen molar-refractivity contribution in [1.82, 2.24) is 5.32 Å². The second kappa shape index (κ2) is 8.65. The van der Waals surface area contributed by atoms with Gasteiger partial charge in [-0.15, -0.1) is 0 Å². The number of anilines is 1. The summed E-state index contributed by atoms with van der Waals surface area (Å²) in [6, 6.07) is 10.6. The second-order valence-electron chi connectivity index (χ2n) is 5.74. The van der Waals surface area contributed by atoms with Crippen molar-refractivity contribution in [3.05, 3.63) is 53.6 Å². The number of hydrogen-bond acceptors (Lipinski definition) is 5. The lowest BCUT2D eigenvalue weighted by atomic mass is 10.1. The van der Waals surface area contributed by atoms with Gasteiger partial charge < -0.3 is 15.4 Å². The summed E-state index contributed by atoms with van der Waals surface area (Å²) in [6.45, 7) is 3.94. The van der Waals surface area contributed by atoms with Crippen LogP contribution < -0.4 is 20.5 Å². The van der Waals surface area contributed by atoms with Crippen molar-refractivity contribution in [2.45, 2.75) is 18.7 Å². The number of sulfonamides is 1. The third-order valence-corrected chi connectivity index (χ3v) is 4.55. The topological polar surface area (TPSA) is 128 Å². The van der Waals surface area contributed by atoms with Gasteiger partial charge in [-0.25, -0.2) is 13.6 Å². The van der Waals surface area contributed by atoms with Gasteiger partial charge in [0.15, 0.2) is 6.61 Å². The molecule has 9 heteroatoms. The number of aryl methyl sites for hydroxylation is 1. The Morgan fingerprint density at radius 3 is 2.37 bits per heavy atom. The van der Waals surface area contributed by atoms with Gasteiger partial charge in [0.1, 0.15) is 5.75 Å². The minimum atomic E-state index is -3.90. The molecule has 2 aromatic carbocycles. The molecule has 2 rings (SSSR count). The van der Waals surface area contributed by atoms with Gasteiger partial charge in [-0.1, -0.05) is 6.07 Å². The molecule has 0 aliphatic rings. The van der Waals surface area contributed by atoms with Crippen LogP contribution in [0.5, 0.6) is 5.75 Å². The van der Waals surface area contributed by atoms with Gasteiger partial charge in [0.25, 0.3) is 11.8 Å². The Kier molecular flexibility index (Phi) is 6.54. The molecule has 0 atom stereocenters. The minimum Gasteiger partial charge on any atom is -0.484 e. The highest BCUT2D eigenvalue weighted by Gasteiger charge is 2.15. The molecule has 27 heavy (non-hydrogen) atoms. The number of rotatable bonds is 7. The zero-order valence-corrected chi connectivity index (χ0v) is 15.8. The van der Waals surface area contributed by atoms with Crippen LogP contribution in [0.25, 0.3) is 0 Å². The van der Waals surface area contributed by atoms with Gasteiger partial charge >= 0.3 is 0 Å². The number of hydrogen-bond donors (Lipinski definition) is 3. The number of nitrogens with one attached hydrogen (secondary N) is 2. The first-order chi connectivity index (χ1) is 12.7. The van der Waals surface area contributed by atoms with E-state index in [0.29, 0.717) is 23.5 Å². The summed E-state index contributed by atoms with van der Waals surface area (Å²) in [4.78, 5) is 23.7. The largest absolute Gasteiger partial charge is 0.484 e. The van der Waals surface area contributed by atoms with Gasteiger partial charge in [-0.05, 0) is 55.8 Å². The molecule has 0 unspecified atom stereocenters. The third-order valence-electron chi connectivity index (χ3n) is 3.64. The quantitative estimate of drug-likeness (QED) is 0.657. The molecule has 2 amide bonds. The highest BCUT2D eigenvalue weighted by Crippen LogP contribution is 2.19. The summed E-state index contributed by atoms with van der Waals surface area (Å²) < 4.78 is 28.3. The van der Waals surface area contributed by atoms with Crippen LogP contribution in [0.4, 0.5) is 5.69 Å². The van der Waals surface area contributed by atoms with E-state index in [2.05, 4.69) is 10.6 Å². The highest BCUT2D eigenvalue weighted by atomic mass is 32.2. The molecule has 144 valence electrons. The smallest absolute Gasteiger partial charge is 0.257 e. The minimum absolute atomic E-state index is 0.0981. The lowest BCUT2D eigenvalue weighted by molar-refractivity contribution is -0.122. The molecular formula is C18H21N3O5S. The van der Waals surface area contributed by atoms with E-state index in [-0.39, 0.29) is 23.0 Å². The fourth-order valence-corrected chi connectivity index (χ4v) is 2.79. The van der Waals surface area contributed by atoms with E-state index in [9.17, 15) is 18.0 Å². The molecule has 4 N–H and O–H groups in total. The van der Waals surface area contributed by atoms with Gasteiger partial charge in [0.2, 0.25) is 10.0 Å². The molecule has 0 spiro atoms. The van der Waals surface area contributed by atoms with Crippen LogP contribution >= 0.6 is 0 Å². The first-order valence-electron chi connectivity index (χ1n) is 8.15. The summed E-state index contributed by atoms with van der Waals surface area (Å²) in [7, 11) is -3.90. The molecule has 2 aromatic rings. The number of primary sulfonamides is 1. The fraction of sp³-hybridized carbons (Fsp3) is 0.222. The van der Waals surface area contributed by atoms with Crippen molar-refractivity contribution in [2.24, 2.45) is 5.14 Å². The molecule has 0 fully saturated rings. The highest BCUT2D eigenvalue weighted by molar-refractivity contribution is 7.89. The van der Waals surface area contributed by atoms with E-state index in [0.717, 1.165) is 0 Å². The average molecular weight is 391 g/mol. The van der Waals surface area contributed by atoms with Crippen molar-refractivity contribution in [1.29, 1.82) is 0 Å². The van der Waals surface area contributed by atoms with Crippen molar-refractivity contribution in [3.63, 3.8) is 0 Å². The fourth-order valence-electron chi connectivity index (χ4n) is 2.25. The first kappa shape index (κ1) is 20.4. The summed E-state index contributed by atoms with van der Waals surface area (Å²) in [5, 5.41) is 10.4. The third kappa shape index (κ3) is 5.80. The number of carbonyl (C=O) groups excluding carboxylic acids is 2. The van der Waals surface area contributed by atoms with Crippen molar-refractivity contribution < 1.29 is 22.7 Å². The maximum absolute atomic E-state index is 12.5. The summed E-state index contributed by atoms with van der Waals surface area (Å²) >= 11 is 0. The van der Waals surface area contributed by atoms with Gasteiger partial charge in [0, 0.05) is 17.8 Å². The van der Waals surface area contributed by atoms with Gasteiger partial charge in [-0.2, -0.15) is 0 Å². The predicted octanol–water partition coefficient (Wildman–Crippen LogP) is 1.41. The van der Waals surface area contributed by atoms with Crippen molar-refractivity contribution in [2.75, 3.05) is 18.5 Å². The lowest BCUT2D eigenvalue weighted by Gasteiger charge is -2.10. The first-order valence-corrected chi connectivity index (χ1v) is 9.69. The molecule has 8 nitrogen and oxygen atoms in total. The van der Waals surface area contributed by atoms with Crippen molar-refractivity contribution >= 4 is 27.5 Å². The molecule has 0 radical (unpaired) electrons. The molecule has 0 saturated heterocycles. The maximum atomic E-state index is 12.5. The predicted molar refractivity (Wildman–Crippen MR) is 101 cm³/mol. The Bertz CT molecular complexity index is 940. The Labute approximate surface area is 157 Å². The van der Waals surface area contributed by atoms with Gasteiger partial charge in [-0.3, -0.25) is 9.59 Å². The molecule has 0 bridgehead atoms. The molecule has 0 saturated carbocycles. The Balaban J connectivity index is 2.07. The SMILES string of the molecule is CCNC(=O)COc1ccc(NC(=O)c2cc(S(N)(=O)=O)ccc2C)cc1. The average Bonchev–Trinajstić information content (AvgIpc) is 2.60. The number of carbonyl (C=O) groups is 2. The maximum Gasteiger partial charge on any atom is 0.257 e. The van der Waals surface area contributed by atoms with Crippen LogP contribution in [0, 0.1) is 6.92 Å². The monoisotopic (exact) mass is 391 g/mol. The molecule has 0 aromatic heterocycles. The molecule has 0 heterocycles. The van der Waals surface area contributed by atoms with Crippen molar-refractivity contribution in [3.8, 4) is 5.75 Å². The number of nitrogens with two attached hydrogens (primary N) is 1. The van der Waals surface area contributed by atoms with Crippen LogP contribution in [0.3, 0.4) is 0 Å². The van der Waals surface area contributed by atoms with E-state index >= 15 is 0 Å². The number of amides is 2. The molecule has 0 aliphatic carbocycles. The van der Waals surface area contributed by atoms with Crippen LogP contribution in [-0.4, -0.2) is 33.4 Å². The Hall–Kier alpha value is -2.91. The Morgan fingerprint density at radius 1 is 1.11 bits per heavy atom. The number of ether oxygens (including phenoxy) is 1. The molecule has 0 aliphatic heterocycles. The summed E-state index contributed by atoms with van der Waals surface area (Å²) in [6.07, 6.45) is 0. The van der Waals surface area contributed by atoms with E-state index in [1.165, 1.54) is 18.2 Å². The van der Waals surface area contributed by atoms with E-state index in [1.807, 2.05) is 6.92 Å². The molecular weight excluding hydrogens is 370 g/mol. The second-order valence-corrected chi connectivity index (χ2v) is 7.30. The van der Waals surface area contributed by atoms with Crippen LogP contribution in [0.2, 0.25) is 0 Å². The standard InChI is InChI=1S/C18H21N3O5S/c1-3-20-17(22)11-26-14-7-5-13(6-8-14)21-18(23)16-10-15(27(19,24)25)9-4-12(16)2/h4-10H,3,11H2,1-2H3,(H,20,22)(H,21,23)(H2,19,24,25). The van der Waals surface area contributed by atoms with E-state index in [4.69, 9.17) is 9.88 Å². The van der Waals surface area contributed by atoms with Gasteiger partial charge in [0.05, 0.1) is 4.90 Å². The van der Waals surface area contributed by atoms with Crippen LogP contribution in [0.15, 0.2) is 47.4 Å². The Morgan fingerprint density at radius 2 is 1.78 bits per heavy atom. The summed E-state index contributed by atoms with van der Waals surface area (Å²) in [5.74, 6) is -0.208. The number of benzene rings is 2. The zero-order chi connectivity index (χ0) is 20.0.